The van der Waals surface area contributed by atoms with Crippen molar-refractivity contribution in [3.63, 3.8) is 0 Å². The van der Waals surface area contributed by atoms with Crippen molar-refractivity contribution in [2.75, 3.05) is 26.2 Å². The van der Waals surface area contributed by atoms with E-state index in [1.54, 1.807) is 0 Å². The minimum atomic E-state index is 0.261. The topological polar surface area (TPSA) is 35.6 Å². The Kier molecular flexibility index (Phi) is 4.99. The number of allylic oxidation sites excluding steroid dienone is 2. The summed E-state index contributed by atoms with van der Waals surface area (Å²) < 4.78 is 0. The molecule has 0 spiro atoms. The third-order valence-electron chi connectivity index (χ3n) is 3.97. The highest BCUT2D eigenvalue weighted by atomic mass is 16.2. The highest BCUT2D eigenvalue weighted by molar-refractivity contribution is 5.80. The number of amides is 1. The molecule has 1 heterocycles. The normalized spacial score (nSPS) is 28.3. The average molecular weight is 265 g/mol. The van der Waals surface area contributed by atoms with Gasteiger partial charge < -0.3 is 10.2 Å². The third kappa shape index (κ3) is 3.80. The van der Waals surface area contributed by atoms with Crippen molar-refractivity contribution in [1.29, 1.82) is 0 Å². The van der Waals surface area contributed by atoms with Crippen LogP contribution in [0.25, 0.3) is 0 Å². The predicted octanol–water partition coefficient (Wildman–Crippen LogP) is 1.58. The molecule has 0 aromatic rings. The molecule has 4 nitrogen and oxygen atoms in total. The molecule has 0 aromatic heterocycles. The lowest BCUT2D eigenvalue weighted by Crippen LogP contribution is -2.56. The van der Waals surface area contributed by atoms with Gasteiger partial charge in [-0.3, -0.25) is 9.69 Å². The number of hydrogen-bond donors (Lipinski definition) is 1. The molecule has 0 bridgehead atoms. The second-order valence-corrected chi connectivity index (χ2v) is 5.89. The van der Waals surface area contributed by atoms with Crippen molar-refractivity contribution in [2.24, 2.45) is 0 Å². The largest absolute Gasteiger partial charge is 0.316 e. The van der Waals surface area contributed by atoms with E-state index >= 15 is 0 Å². The van der Waals surface area contributed by atoms with Crippen molar-refractivity contribution in [1.82, 2.24) is 15.1 Å². The SMILES string of the molecule is CCN(C(=O)CN1CC(C)NC(C)C1)C1=CCCC1. The molecular formula is C15H27N3O. The molecule has 0 aromatic carbocycles. The molecule has 1 aliphatic carbocycles. The van der Waals surface area contributed by atoms with E-state index in [2.05, 4.69) is 37.1 Å². The minimum Gasteiger partial charge on any atom is -0.316 e. The van der Waals surface area contributed by atoms with Gasteiger partial charge in [0.1, 0.15) is 0 Å². The van der Waals surface area contributed by atoms with E-state index in [4.69, 9.17) is 0 Å². The van der Waals surface area contributed by atoms with Crippen molar-refractivity contribution in [3.05, 3.63) is 11.8 Å². The number of rotatable bonds is 4. The van der Waals surface area contributed by atoms with Gasteiger partial charge in [0.15, 0.2) is 0 Å². The summed E-state index contributed by atoms with van der Waals surface area (Å²) in [4.78, 5) is 16.7. The van der Waals surface area contributed by atoms with Crippen LogP contribution in [-0.2, 0) is 4.79 Å². The van der Waals surface area contributed by atoms with Crippen molar-refractivity contribution >= 4 is 5.91 Å². The maximum Gasteiger partial charge on any atom is 0.240 e. The van der Waals surface area contributed by atoms with Crippen LogP contribution in [0.5, 0.6) is 0 Å². The van der Waals surface area contributed by atoms with Crippen LogP contribution < -0.4 is 5.32 Å². The zero-order chi connectivity index (χ0) is 13.8. The highest BCUT2D eigenvalue weighted by Gasteiger charge is 2.25. The third-order valence-corrected chi connectivity index (χ3v) is 3.97. The summed E-state index contributed by atoms with van der Waals surface area (Å²) >= 11 is 0. The number of carbonyl (C=O) groups excluding carboxylic acids is 1. The molecule has 2 unspecified atom stereocenters. The molecule has 0 radical (unpaired) electrons. The number of carbonyl (C=O) groups is 1. The fourth-order valence-electron chi connectivity index (χ4n) is 3.28. The summed E-state index contributed by atoms with van der Waals surface area (Å²) in [6.07, 6.45) is 5.61. The molecule has 2 rings (SSSR count). The zero-order valence-electron chi connectivity index (χ0n) is 12.5. The molecule has 0 saturated carbocycles. The van der Waals surface area contributed by atoms with Gasteiger partial charge in [-0.1, -0.05) is 6.08 Å². The molecule has 1 saturated heterocycles. The van der Waals surface area contributed by atoms with E-state index in [1.165, 1.54) is 12.1 Å². The second kappa shape index (κ2) is 6.53. The van der Waals surface area contributed by atoms with Crippen LogP contribution in [-0.4, -0.2) is 54.0 Å². The maximum atomic E-state index is 12.5. The van der Waals surface area contributed by atoms with E-state index in [9.17, 15) is 4.79 Å². The molecule has 4 heteroatoms. The Morgan fingerprint density at radius 3 is 2.63 bits per heavy atom. The Hall–Kier alpha value is -0.870. The van der Waals surface area contributed by atoms with Gasteiger partial charge in [0.2, 0.25) is 5.91 Å². The van der Waals surface area contributed by atoms with Gasteiger partial charge in [-0.15, -0.1) is 0 Å². The lowest BCUT2D eigenvalue weighted by molar-refractivity contribution is -0.130. The van der Waals surface area contributed by atoms with E-state index < -0.39 is 0 Å². The number of likely N-dealkylation sites (N-methyl/N-ethyl adjacent to an activating group) is 1. The summed E-state index contributed by atoms with van der Waals surface area (Å²) in [7, 11) is 0. The zero-order valence-corrected chi connectivity index (χ0v) is 12.5. The lowest BCUT2D eigenvalue weighted by atomic mass is 10.1. The van der Waals surface area contributed by atoms with Crippen molar-refractivity contribution < 1.29 is 4.79 Å². The molecule has 2 aliphatic rings. The fraction of sp³-hybridized carbons (Fsp3) is 0.800. The first kappa shape index (κ1) is 14.5. The Bertz CT molecular complexity index is 343. The van der Waals surface area contributed by atoms with E-state index in [1.807, 2.05) is 4.90 Å². The average Bonchev–Trinajstić information content (AvgIpc) is 2.82. The summed E-state index contributed by atoms with van der Waals surface area (Å²) in [5.74, 6) is 0.261. The quantitative estimate of drug-likeness (QED) is 0.838. The first-order valence-electron chi connectivity index (χ1n) is 7.58. The standard InChI is InChI=1S/C15H27N3O/c1-4-18(14-7-5-6-8-14)15(19)11-17-9-12(2)16-13(3)10-17/h7,12-13,16H,4-6,8-11H2,1-3H3. The summed E-state index contributed by atoms with van der Waals surface area (Å²) in [5.41, 5.74) is 1.24. The maximum absolute atomic E-state index is 12.5. The van der Waals surface area contributed by atoms with Crippen LogP contribution >= 0.6 is 0 Å². The van der Waals surface area contributed by atoms with Crippen LogP contribution in [0.1, 0.15) is 40.0 Å². The first-order valence-corrected chi connectivity index (χ1v) is 7.58. The Balaban J connectivity index is 1.91. The number of hydrogen-bond acceptors (Lipinski definition) is 3. The van der Waals surface area contributed by atoms with Gasteiger partial charge in [-0.2, -0.15) is 0 Å². The molecule has 19 heavy (non-hydrogen) atoms. The Morgan fingerprint density at radius 2 is 2.11 bits per heavy atom. The van der Waals surface area contributed by atoms with E-state index in [0.717, 1.165) is 32.5 Å². The highest BCUT2D eigenvalue weighted by Crippen LogP contribution is 2.21. The summed E-state index contributed by atoms with van der Waals surface area (Å²) in [6, 6.07) is 0.939. The fourth-order valence-corrected chi connectivity index (χ4v) is 3.28. The van der Waals surface area contributed by atoms with Gasteiger partial charge >= 0.3 is 0 Å². The van der Waals surface area contributed by atoms with Gasteiger partial charge in [-0.05, 0) is 40.0 Å². The second-order valence-electron chi connectivity index (χ2n) is 5.89. The van der Waals surface area contributed by atoms with E-state index in [-0.39, 0.29) is 5.91 Å². The minimum absolute atomic E-state index is 0.261. The van der Waals surface area contributed by atoms with Crippen LogP contribution in [0.3, 0.4) is 0 Å². The van der Waals surface area contributed by atoms with Gasteiger partial charge in [0.05, 0.1) is 6.54 Å². The van der Waals surface area contributed by atoms with Crippen LogP contribution in [0.4, 0.5) is 0 Å². The van der Waals surface area contributed by atoms with Gasteiger partial charge in [0.25, 0.3) is 0 Å². The van der Waals surface area contributed by atoms with Crippen LogP contribution in [0.15, 0.2) is 11.8 Å². The number of piperazine rings is 1. The smallest absolute Gasteiger partial charge is 0.240 e. The predicted molar refractivity (Wildman–Crippen MR) is 77.8 cm³/mol. The van der Waals surface area contributed by atoms with E-state index in [0.29, 0.717) is 18.6 Å². The first-order chi connectivity index (χ1) is 9.10. The van der Waals surface area contributed by atoms with Crippen LogP contribution in [0.2, 0.25) is 0 Å². The Morgan fingerprint density at radius 1 is 1.42 bits per heavy atom. The molecule has 1 aliphatic heterocycles. The molecule has 1 fully saturated rings. The molecule has 2 atom stereocenters. The Labute approximate surface area is 116 Å². The summed E-state index contributed by atoms with van der Waals surface area (Å²) in [5, 5.41) is 3.50. The summed E-state index contributed by atoms with van der Waals surface area (Å²) in [6.45, 7) is 9.72. The lowest BCUT2D eigenvalue weighted by Gasteiger charge is -2.36. The van der Waals surface area contributed by atoms with Crippen LogP contribution in [0, 0.1) is 0 Å². The molecular weight excluding hydrogens is 238 g/mol. The van der Waals surface area contributed by atoms with Gasteiger partial charge in [0, 0.05) is 37.4 Å². The molecule has 1 amide bonds. The van der Waals surface area contributed by atoms with Crippen molar-refractivity contribution in [3.8, 4) is 0 Å². The molecule has 1 N–H and O–H groups in total. The number of nitrogens with one attached hydrogen (secondary N) is 1. The van der Waals surface area contributed by atoms with Gasteiger partial charge in [-0.25, -0.2) is 0 Å². The monoisotopic (exact) mass is 265 g/mol. The number of nitrogens with zero attached hydrogens (tertiary/aromatic N) is 2. The molecule has 108 valence electrons. The van der Waals surface area contributed by atoms with Crippen molar-refractivity contribution in [2.45, 2.75) is 52.1 Å².